The second-order valence-corrected chi connectivity index (χ2v) is 7.86. The molecule has 0 spiro atoms. The summed E-state index contributed by atoms with van der Waals surface area (Å²) in [7, 11) is 0. The summed E-state index contributed by atoms with van der Waals surface area (Å²) in [6.45, 7) is 1.58. The van der Waals surface area contributed by atoms with Crippen LogP contribution in [0.3, 0.4) is 0 Å². The van der Waals surface area contributed by atoms with Gasteiger partial charge in [-0.15, -0.1) is 11.6 Å². The van der Waals surface area contributed by atoms with Crippen molar-refractivity contribution in [1.29, 1.82) is 5.26 Å². The van der Waals surface area contributed by atoms with Gasteiger partial charge in [-0.05, 0) is 61.9 Å². The number of anilines is 1. The minimum Gasteiger partial charge on any atom is -0.489 e. The van der Waals surface area contributed by atoms with E-state index in [1.54, 1.807) is 6.20 Å². The van der Waals surface area contributed by atoms with Crippen LogP contribution in [0.2, 0.25) is 5.02 Å². The van der Waals surface area contributed by atoms with Crippen molar-refractivity contribution in [2.24, 2.45) is 5.73 Å². The zero-order chi connectivity index (χ0) is 21.3. The van der Waals surface area contributed by atoms with Crippen LogP contribution in [0, 0.1) is 11.3 Å². The van der Waals surface area contributed by atoms with E-state index in [4.69, 9.17) is 38.4 Å². The second kappa shape index (κ2) is 11.3. The number of unbranched alkanes of at least 4 members (excludes halogenated alkanes) is 1. The number of alkyl halides is 1. The van der Waals surface area contributed by atoms with Gasteiger partial charge in [-0.25, -0.2) is 4.98 Å². The summed E-state index contributed by atoms with van der Waals surface area (Å²) in [4.78, 5) is 4.37. The Hall–Kier alpha value is -2.20. The van der Waals surface area contributed by atoms with E-state index in [0.717, 1.165) is 48.9 Å². The molecular weight excluding hydrogens is 423 g/mol. The Morgan fingerprint density at radius 3 is 2.83 bits per heavy atom. The summed E-state index contributed by atoms with van der Waals surface area (Å²) in [6.07, 6.45) is 6.39. The third kappa shape index (κ3) is 5.48. The Balaban J connectivity index is 1.75. The lowest BCUT2D eigenvalue weighted by Gasteiger charge is -2.29. The zero-order valence-electron chi connectivity index (χ0n) is 16.8. The van der Waals surface area contributed by atoms with Gasteiger partial charge in [-0.3, -0.25) is 0 Å². The van der Waals surface area contributed by atoms with Crippen LogP contribution in [0.4, 0.5) is 5.69 Å². The molecule has 0 bridgehead atoms. The van der Waals surface area contributed by atoms with E-state index in [9.17, 15) is 5.26 Å². The maximum Gasteiger partial charge on any atom is 0.213 e. The standard InChI is InChI=1S/C22H26Cl2N4O2/c23-8-11-30-22-15(13-26)12-18-17(21(22)24)4-3-5-19(18)28-16-6-7-20(27-14-16)29-10-2-1-9-25/h6-7,12,14,19,28H,1-5,8-11,25H2. The lowest BCUT2D eigenvalue weighted by Crippen LogP contribution is -2.19. The molecule has 1 unspecified atom stereocenters. The number of fused-ring (bicyclic) bond motifs is 1. The summed E-state index contributed by atoms with van der Waals surface area (Å²) in [5.74, 6) is 1.36. The first kappa shape index (κ1) is 22.5. The van der Waals surface area contributed by atoms with Gasteiger partial charge in [0, 0.05) is 6.07 Å². The van der Waals surface area contributed by atoms with Gasteiger partial charge in [-0.1, -0.05) is 11.6 Å². The number of pyridine rings is 1. The molecule has 3 rings (SSSR count). The first-order chi connectivity index (χ1) is 14.7. The van der Waals surface area contributed by atoms with E-state index in [2.05, 4.69) is 16.4 Å². The highest BCUT2D eigenvalue weighted by Gasteiger charge is 2.26. The first-order valence-electron chi connectivity index (χ1n) is 10.2. The monoisotopic (exact) mass is 448 g/mol. The average Bonchev–Trinajstić information content (AvgIpc) is 2.77. The van der Waals surface area contributed by atoms with E-state index in [1.807, 2.05) is 18.2 Å². The topological polar surface area (TPSA) is 93.2 Å². The molecule has 0 fully saturated rings. The molecule has 1 atom stereocenters. The molecule has 1 heterocycles. The molecule has 0 saturated carbocycles. The van der Waals surface area contributed by atoms with Crippen molar-refractivity contribution in [3.63, 3.8) is 0 Å². The van der Waals surface area contributed by atoms with Crippen molar-refractivity contribution in [3.05, 3.63) is 46.1 Å². The van der Waals surface area contributed by atoms with Gasteiger partial charge in [0.25, 0.3) is 0 Å². The number of rotatable bonds is 10. The summed E-state index contributed by atoms with van der Waals surface area (Å²) in [5, 5.41) is 13.6. The number of halogens is 2. The SMILES string of the molecule is N#Cc1cc2c(c(Cl)c1OCCCl)CCCC2Nc1ccc(OCCCCN)nc1. The molecule has 30 heavy (non-hydrogen) atoms. The molecule has 0 saturated heterocycles. The van der Waals surface area contributed by atoms with Crippen molar-refractivity contribution < 1.29 is 9.47 Å². The fraction of sp³-hybridized carbons (Fsp3) is 0.455. The number of hydrogen-bond donors (Lipinski definition) is 2. The van der Waals surface area contributed by atoms with E-state index < -0.39 is 0 Å². The Morgan fingerprint density at radius 2 is 2.13 bits per heavy atom. The number of nitrogens with zero attached hydrogens (tertiary/aromatic N) is 2. The van der Waals surface area contributed by atoms with Gasteiger partial charge in [0.05, 0.1) is 41.0 Å². The van der Waals surface area contributed by atoms with Crippen LogP contribution in [0.25, 0.3) is 0 Å². The highest BCUT2D eigenvalue weighted by Crippen LogP contribution is 2.42. The number of ether oxygens (including phenoxy) is 2. The first-order valence-corrected chi connectivity index (χ1v) is 11.1. The van der Waals surface area contributed by atoms with Crippen molar-refractivity contribution >= 4 is 28.9 Å². The van der Waals surface area contributed by atoms with Crippen LogP contribution in [0.1, 0.15) is 48.4 Å². The van der Waals surface area contributed by atoms with Crippen LogP contribution in [0.5, 0.6) is 11.6 Å². The lowest BCUT2D eigenvalue weighted by atomic mass is 9.86. The minimum atomic E-state index is 0.0403. The Labute approximate surface area is 187 Å². The maximum atomic E-state index is 9.58. The molecule has 0 aliphatic heterocycles. The van der Waals surface area contributed by atoms with Crippen molar-refractivity contribution in [3.8, 4) is 17.7 Å². The van der Waals surface area contributed by atoms with Crippen LogP contribution >= 0.6 is 23.2 Å². The molecule has 2 aromatic rings. The highest BCUT2D eigenvalue weighted by molar-refractivity contribution is 6.33. The Kier molecular flexibility index (Phi) is 8.44. The van der Waals surface area contributed by atoms with Crippen LogP contribution in [-0.4, -0.2) is 30.6 Å². The molecule has 160 valence electrons. The fourth-order valence-corrected chi connectivity index (χ4v) is 4.02. The zero-order valence-corrected chi connectivity index (χ0v) is 18.3. The van der Waals surface area contributed by atoms with Gasteiger partial charge >= 0.3 is 0 Å². The quantitative estimate of drug-likeness (QED) is 0.399. The molecule has 0 radical (unpaired) electrons. The van der Waals surface area contributed by atoms with E-state index in [0.29, 0.717) is 47.9 Å². The number of nitrogens with two attached hydrogens (primary N) is 1. The number of hydrogen-bond acceptors (Lipinski definition) is 6. The third-order valence-corrected chi connectivity index (χ3v) is 5.58. The van der Waals surface area contributed by atoms with E-state index in [1.165, 1.54) is 0 Å². The fourth-order valence-electron chi connectivity index (χ4n) is 3.58. The Morgan fingerprint density at radius 1 is 1.27 bits per heavy atom. The predicted octanol–water partition coefficient (Wildman–Crippen LogP) is 4.83. The molecule has 1 aromatic carbocycles. The van der Waals surface area contributed by atoms with Crippen LogP contribution < -0.4 is 20.5 Å². The molecule has 1 aliphatic carbocycles. The number of benzene rings is 1. The normalized spacial score (nSPS) is 15.2. The summed E-state index contributed by atoms with van der Waals surface area (Å²) in [5.41, 5.74) is 8.86. The van der Waals surface area contributed by atoms with Crippen LogP contribution in [0.15, 0.2) is 24.4 Å². The molecule has 0 amide bonds. The summed E-state index contributed by atoms with van der Waals surface area (Å²) < 4.78 is 11.3. The van der Waals surface area contributed by atoms with Gasteiger partial charge in [0.2, 0.25) is 5.88 Å². The van der Waals surface area contributed by atoms with Crippen molar-refractivity contribution in [2.45, 2.75) is 38.1 Å². The number of nitriles is 1. The van der Waals surface area contributed by atoms with E-state index in [-0.39, 0.29) is 6.04 Å². The van der Waals surface area contributed by atoms with Gasteiger partial charge in [0.15, 0.2) is 5.75 Å². The molecule has 1 aliphatic rings. The molecule has 1 aromatic heterocycles. The number of aromatic nitrogens is 1. The molecular formula is C22H26Cl2N4O2. The molecule has 3 N–H and O–H groups in total. The van der Waals surface area contributed by atoms with Crippen molar-refractivity contribution in [2.75, 3.05) is 31.0 Å². The van der Waals surface area contributed by atoms with Gasteiger partial charge in [0.1, 0.15) is 12.7 Å². The lowest BCUT2D eigenvalue weighted by molar-refractivity contribution is 0.296. The predicted molar refractivity (Wildman–Crippen MR) is 120 cm³/mol. The largest absolute Gasteiger partial charge is 0.489 e. The van der Waals surface area contributed by atoms with Gasteiger partial charge in [-0.2, -0.15) is 5.26 Å². The minimum absolute atomic E-state index is 0.0403. The molecule has 8 heteroatoms. The summed E-state index contributed by atoms with van der Waals surface area (Å²) in [6, 6.07) is 7.92. The average molecular weight is 449 g/mol. The number of nitrogens with one attached hydrogen (secondary N) is 1. The molecule has 6 nitrogen and oxygen atoms in total. The third-order valence-electron chi connectivity index (χ3n) is 5.02. The van der Waals surface area contributed by atoms with Crippen LogP contribution in [-0.2, 0) is 6.42 Å². The summed E-state index contributed by atoms with van der Waals surface area (Å²) >= 11 is 12.4. The second-order valence-electron chi connectivity index (χ2n) is 7.10. The van der Waals surface area contributed by atoms with E-state index >= 15 is 0 Å². The van der Waals surface area contributed by atoms with Gasteiger partial charge < -0.3 is 20.5 Å². The maximum absolute atomic E-state index is 9.58. The van der Waals surface area contributed by atoms with Crippen molar-refractivity contribution in [1.82, 2.24) is 4.98 Å². The Bertz CT molecular complexity index is 884. The smallest absolute Gasteiger partial charge is 0.213 e. The highest BCUT2D eigenvalue weighted by atomic mass is 35.5.